The highest BCUT2D eigenvalue weighted by atomic mass is 16.6. The van der Waals surface area contributed by atoms with Crippen molar-refractivity contribution in [2.75, 3.05) is 13.7 Å². The molecule has 1 atom stereocenters. The van der Waals surface area contributed by atoms with E-state index in [1.54, 1.807) is 7.11 Å². The van der Waals surface area contributed by atoms with Gasteiger partial charge < -0.3 is 14.2 Å². The number of allylic oxidation sites excluding steroid dienone is 2. The second-order valence-corrected chi connectivity index (χ2v) is 6.96. The van der Waals surface area contributed by atoms with Crippen LogP contribution in [0.15, 0.2) is 41.2 Å². The topological polar surface area (TPSA) is 62.6 Å². The Kier molecular flexibility index (Phi) is 5.25. The second kappa shape index (κ2) is 7.96. The number of benzene rings is 1. The number of rotatable bonds is 6. The Morgan fingerprint density at radius 1 is 1.26 bits per heavy atom. The number of ether oxygens (including phenoxy) is 3. The standard InChI is InChI=1S/C21H24N2O4/c1-25-13-17-11-20(24)22-21-23(17)12-19(27-21)14-26-18-9-7-16(8-10-18)15-5-3-2-4-6-15/h5,7-11,19H,2-4,6,12-14H2,1H3. The van der Waals surface area contributed by atoms with Crippen LogP contribution in [-0.2, 0) is 17.9 Å². The Morgan fingerprint density at radius 3 is 2.85 bits per heavy atom. The van der Waals surface area contributed by atoms with Crippen LogP contribution in [0.5, 0.6) is 11.8 Å². The number of hydrogen-bond acceptors (Lipinski definition) is 5. The fourth-order valence-electron chi connectivity index (χ4n) is 3.61. The van der Waals surface area contributed by atoms with Gasteiger partial charge in [-0.2, -0.15) is 4.98 Å². The van der Waals surface area contributed by atoms with Crippen LogP contribution in [-0.4, -0.2) is 29.4 Å². The minimum Gasteiger partial charge on any atom is -0.490 e. The minimum atomic E-state index is -0.317. The largest absolute Gasteiger partial charge is 0.490 e. The Labute approximate surface area is 158 Å². The van der Waals surface area contributed by atoms with Crippen LogP contribution in [0.4, 0.5) is 0 Å². The fraction of sp³-hybridized carbons (Fsp3) is 0.429. The summed E-state index contributed by atoms with van der Waals surface area (Å²) >= 11 is 0. The van der Waals surface area contributed by atoms with E-state index in [2.05, 4.69) is 23.2 Å². The molecule has 1 aliphatic carbocycles. The molecule has 0 fully saturated rings. The average molecular weight is 368 g/mol. The Hall–Kier alpha value is -2.60. The lowest BCUT2D eigenvalue weighted by Gasteiger charge is -2.14. The van der Waals surface area contributed by atoms with Crippen molar-refractivity contribution in [2.24, 2.45) is 0 Å². The predicted octanol–water partition coefficient (Wildman–Crippen LogP) is 3.19. The van der Waals surface area contributed by atoms with Crippen molar-refractivity contribution in [3.63, 3.8) is 0 Å². The maximum Gasteiger partial charge on any atom is 0.300 e. The molecule has 142 valence electrons. The van der Waals surface area contributed by atoms with E-state index in [1.165, 1.54) is 36.5 Å². The summed E-state index contributed by atoms with van der Waals surface area (Å²) in [6, 6.07) is 10.1. The van der Waals surface area contributed by atoms with E-state index in [4.69, 9.17) is 14.2 Å². The van der Waals surface area contributed by atoms with E-state index in [0.29, 0.717) is 25.8 Å². The van der Waals surface area contributed by atoms with Gasteiger partial charge in [0.2, 0.25) is 0 Å². The van der Waals surface area contributed by atoms with Crippen LogP contribution >= 0.6 is 0 Å². The first-order valence-electron chi connectivity index (χ1n) is 9.41. The van der Waals surface area contributed by atoms with Gasteiger partial charge in [0, 0.05) is 13.2 Å². The molecular weight excluding hydrogens is 344 g/mol. The first kappa shape index (κ1) is 17.8. The first-order chi connectivity index (χ1) is 13.2. The molecule has 6 heteroatoms. The molecule has 1 aromatic heterocycles. The highest BCUT2D eigenvalue weighted by Gasteiger charge is 2.26. The van der Waals surface area contributed by atoms with Crippen molar-refractivity contribution in [3.05, 3.63) is 58.0 Å². The van der Waals surface area contributed by atoms with E-state index in [-0.39, 0.29) is 11.7 Å². The van der Waals surface area contributed by atoms with Crippen LogP contribution in [0, 0.1) is 0 Å². The molecule has 0 saturated heterocycles. The van der Waals surface area contributed by atoms with E-state index >= 15 is 0 Å². The highest BCUT2D eigenvalue weighted by Crippen LogP contribution is 2.28. The zero-order valence-electron chi connectivity index (χ0n) is 15.5. The van der Waals surface area contributed by atoms with Crippen molar-refractivity contribution in [1.29, 1.82) is 0 Å². The molecule has 0 N–H and O–H groups in total. The molecule has 0 spiro atoms. The molecule has 2 aliphatic rings. The molecule has 0 bridgehead atoms. The Morgan fingerprint density at radius 2 is 2.11 bits per heavy atom. The van der Waals surface area contributed by atoms with Crippen LogP contribution in [0.2, 0.25) is 0 Å². The number of aromatic nitrogens is 2. The SMILES string of the molecule is COCc1cc(=O)nc2n1CC(COc1ccc(C3=CCCCC3)cc1)O2. The molecule has 0 radical (unpaired) electrons. The maximum absolute atomic E-state index is 11.7. The van der Waals surface area contributed by atoms with Crippen molar-refractivity contribution >= 4 is 5.57 Å². The zero-order valence-corrected chi connectivity index (χ0v) is 15.5. The Bertz CT molecular complexity index is 886. The molecule has 0 saturated carbocycles. The van der Waals surface area contributed by atoms with Gasteiger partial charge in [-0.15, -0.1) is 0 Å². The third kappa shape index (κ3) is 4.06. The summed E-state index contributed by atoms with van der Waals surface area (Å²) in [7, 11) is 1.60. The van der Waals surface area contributed by atoms with Crippen LogP contribution < -0.4 is 15.0 Å². The summed E-state index contributed by atoms with van der Waals surface area (Å²) in [4.78, 5) is 15.6. The lowest BCUT2D eigenvalue weighted by atomic mass is 9.94. The number of nitrogens with zero attached hydrogens (tertiary/aromatic N) is 2. The summed E-state index contributed by atoms with van der Waals surface area (Å²) in [6.07, 6.45) is 7.05. The van der Waals surface area contributed by atoms with Crippen molar-refractivity contribution < 1.29 is 14.2 Å². The van der Waals surface area contributed by atoms with Gasteiger partial charge in [-0.25, -0.2) is 0 Å². The minimum absolute atomic E-state index is 0.185. The van der Waals surface area contributed by atoms with Crippen molar-refractivity contribution in [3.8, 4) is 11.8 Å². The molecular formula is C21H24N2O4. The van der Waals surface area contributed by atoms with Crippen LogP contribution in [0.3, 0.4) is 0 Å². The van der Waals surface area contributed by atoms with Gasteiger partial charge in [0.1, 0.15) is 12.4 Å². The van der Waals surface area contributed by atoms with Gasteiger partial charge in [-0.05, 0) is 49.0 Å². The van der Waals surface area contributed by atoms with Gasteiger partial charge in [0.25, 0.3) is 5.56 Å². The van der Waals surface area contributed by atoms with E-state index in [9.17, 15) is 4.79 Å². The lowest BCUT2D eigenvalue weighted by Crippen LogP contribution is -2.23. The average Bonchev–Trinajstić information content (AvgIpc) is 3.11. The number of methoxy groups -OCH3 is 1. The van der Waals surface area contributed by atoms with Gasteiger partial charge in [0.05, 0.1) is 18.8 Å². The number of fused-ring (bicyclic) bond motifs is 1. The summed E-state index contributed by atoms with van der Waals surface area (Å²) < 4.78 is 18.7. The van der Waals surface area contributed by atoms with Gasteiger partial charge in [-0.1, -0.05) is 18.2 Å². The molecule has 6 nitrogen and oxygen atoms in total. The molecule has 1 aromatic carbocycles. The van der Waals surface area contributed by atoms with Crippen molar-refractivity contribution in [1.82, 2.24) is 9.55 Å². The molecule has 2 aromatic rings. The van der Waals surface area contributed by atoms with E-state index in [1.807, 2.05) is 16.7 Å². The van der Waals surface area contributed by atoms with Crippen molar-refractivity contribution in [2.45, 2.75) is 44.9 Å². The molecule has 1 unspecified atom stereocenters. The third-order valence-corrected chi connectivity index (χ3v) is 4.98. The van der Waals surface area contributed by atoms with E-state index < -0.39 is 0 Å². The number of hydrogen-bond donors (Lipinski definition) is 0. The summed E-state index contributed by atoms with van der Waals surface area (Å²) in [5.74, 6) is 0.814. The fourth-order valence-corrected chi connectivity index (χ4v) is 3.61. The first-order valence-corrected chi connectivity index (χ1v) is 9.41. The summed E-state index contributed by atoms with van der Waals surface area (Å²) in [5, 5.41) is 0. The molecule has 4 rings (SSSR count). The zero-order chi connectivity index (χ0) is 18.6. The second-order valence-electron chi connectivity index (χ2n) is 6.96. The smallest absolute Gasteiger partial charge is 0.300 e. The highest BCUT2D eigenvalue weighted by molar-refractivity contribution is 5.66. The normalized spacial score (nSPS) is 18.6. The monoisotopic (exact) mass is 368 g/mol. The van der Waals surface area contributed by atoms with Crippen LogP contribution in [0.1, 0.15) is 36.9 Å². The summed E-state index contributed by atoms with van der Waals surface area (Å²) in [5.41, 5.74) is 3.16. The third-order valence-electron chi connectivity index (χ3n) is 4.98. The molecule has 27 heavy (non-hydrogen) atoms. The quantitative estimate of drug-likeness (QED) is 0.784. The maximum atomic E-state index is 11.7. The predicted molar refractivity (Wildman–Crippen MR) is 102 cm³/mol. The molecule has 0 amide bonds. The Balaban J connectivity index is 1.37. The van der Waals surface area contributed by atoms with E-state index in [0.717, 1.165) is 17.9 Å². The summed E-state index contributed by atoms with van der Waals surface area (Å²) in [6.45, 7) is 1.33. The molecule has 1 aliphatic heterocycles. The van der Waals surface area contributed by atoms with Gasteiger partial charge in [-0.3, -0.25) is 9.36 Å². The molecule has 2 heterocycles. The van der Waals surface area contributed by atoms with Gasteiger partial charge in [0.15, 0.2) is 6.10 Å². The lowest BCUT2D eigenvalue weighted by molar-refractivity contribution is 0.143. The van der Waals surface area contributed by atoms with Crippen LogP contribution in [0.25, 0.3) is 5.57 Å². The van der Waals surface area contributed by atoms with Gasteiger partial charge >= 0.3 is 6.01 Å².